The van der Waals surface area contributed by atoms with Gasteiger partial charge in [-0.25, -0.2) is 0 Å². The summed E-state index contributed by atoms with van der Waals surface area (Å²) >= 11 is 0. The maximum absolute atomic E-state index is 13.0. The van der Waals surface area contributed by atoms with Crippen LogP contribution < -0.4 is 27.4 Å². The second kappa shape index (κ2) is 15.1. The van der Waals surface area contributed by atoms with E-state index in [0.29, 0.717) is 25.7 Å². The van der Waals surface area contributed by atoms with Crippen LogP contribution in [0.2, 0.25) is 0 Å². The van der Waals surface area contributed by atoms with Gasteiger partial charge < -0.3 is 32.2 Å². The first-order chi connectivity index (χ1) is 15.7. The standard InChI is InChI=1S/C24H39N5O4/c1-4-16(2)21(15-30)29-22(31)17(3)27-24(33)20(14-18-10-6-5-7-11-18)28-23(32)19(26)12-8-9-13-25/h5-7,10-11,15-17,19-21H,4,8-9,12-14,25-26H2,1-3H3,(H,27,33)(H,28,32)(H,29,31). The molecular weight excluding hydrogens is 422 g/mol. The van der Waals surface area contributed by atoms with E-state index in [2.05, 4.69) is 16.0 Å². The number of unbranched alkanes of at least 4 members (excludes halogenated alkanes) is 1. The number of carbonyl (C=O) groups is 4. The maximum atomic E-state index is 13.0. The summed E-state index contributed by atoms with van der Waals surface area (Å²) in [5.41, 5.74) is 12.3. The van der Waals surface area contributed by atoms with E-state index in [-0.39, 0.29) is 12.3 Å². The molecule has 0 aliphatic rings. The Kier molecular flexibility index (Phi) is 13.0. The molecule has 0 bridgehead atoms. The van der Waals surface area contributed by atoms with Crippen molar-refractivity contribution in [2.75, 3.05) is 6.54 Å². The summed E-state index contributed by atoms with van der Waals surface area (Å²) in [5.74, 6) is -1.43. The van der Waals surface area contributed by atoms with Gasteiger partial charge in [0.25, 0.3) is 0 Å². The summed E-state index contributed by atoms with van der Waals surface area (Å²) in [5, 5.41) is 8.02. The first-order valence-corrected chi connectivity index (χ1v) is 11.6. The monoisotopic (exact) mass is 461 g/mol. The number of amides is 3. The fourth-order valence-corrected chi connectivity index (χ4v) is 3.21. The molecule has 5 unspecified atom stereocenters. The van der Waals surface area contributed by atoms with Crippen molar-refractivity contribution >= 4 is 24.0 Å². The Bertz CT molecular complexity index is 758. The van der Waals surface area contributed by atoms with Gasteiger partial charge in [-0.2, -0.15) is 0 Å². The molecule has 3 amide bonds. The van der Waals surface area contributed by atoms with Gasteiger partial charge in [0.2, 0.25) is 17.7 Å². The molecule has 7 N–H and O–H groups in total. The Labute approximate surface area is 196 Å². The lowest BCUT2D eigenvalue weighted by Gasteiger charge is -2.24. The molecule has 9 heteroatoms. The highest BCUT2D eigenvalue weighted by molar-refractivity contribution is 5.93. The molecule has 0 heterocycles. The fourth-order valence-electron chi connectivity index (χ4n) is 3.21. The quantitative estimate of drug-likeness (QED) is 0.188. The number of rotatable bonds is 15. The number of hydrogen-bond donors (Lipinski definition) is 5. The summed E-state index contributed by atoms with van der Waals surface area (Å²) in [6, 6.07) is 6.06. The van der Waals surface area contributed by atoms with Crippen molar-refractivity contribution in [3.63, 3.8) is 0 Å². The number of hydrogen-bond acceptors (Lipinski definition) is 6. The second-order valence-corrected chi connectivity index (χ2v) is 8.43. The molecule has 0 fully saturated rings. The molecule has 1 rings (SSSR count). The number of nitrogens with two attached hydrogens (primary N) is 2. The van der Waals surface area contributed by atoms with Crippen LogP contribution in [0.15, 0.2) is 30.3 Å². The van der Waals surface area contributed by atoms with Crippen LogP contribution >= 0.6 is 0 Å². The SMILES string of the molecule is CCC(C)C(C=O)NC(=O)C(C)NC(=O)C(Cc1ccccc1)NC(=O)C(N)CCCCN. The Morgan fingerprint density at radius 3 is 2.21 bits per heavy atom. The van der Waals surface area contributed by atoms with E-state index in [0.717, 1.165) is 18.4 Å². The van der Waals surface area contributed by atoms with E-state index in [9.17, 15) is 19.2 Å². The largest absolute Gasteiger partial charge is 0.345 e. The van der Waals surface area contributed by atoms with Crippen LogP contribution in [-0.4, -0.2) is 54.7 Å². The lowest BCUT2D eigenvalue weighted by Crippen LogP contribution is -2.56. The Morgan fingerprint density at radius 1 is 0.970 bits per heavy atom. The number of benzene rings is 1. The third-order valence-electron chi connectivity index (χ3n) is 5.69. The van der Waals surface area contributed by atoms with E-state index < -0.39 is 41.9 Å². The van der Waals surface area contributed by atoms with Crippen molar-refractivity contribution < 1.29 is 19.2 Å². The summed E-state index contributed by atoms with van der Waals surface area (Å²) < 4.78 is 0. The molecule has 0 aromatic heterocycles. The average Bonchev–Trinajstić information content (AvgIpc) is 2.81. The molecule has 0 saturated heterocycles. The van der Waals surface area contributed by atoms with Crippen molar-refractivity contribution in [1.82, 2.24) is 16.0 Å². The molecule has 0 aliphatic heterocycles. The number of carbonyl (C=O) groups excluding carboxylic acids is 4. The first kappa shape index (κ1) is 28.3. The maximum Gasteiger partial charge on any atom is 0.243 e. The predicted octanol–water partition coefficient (Wildman–Crippen LogP) is 0.405. The van der Waals surface area contributed by atoms with Crippen molar-refractivity contribution in [2.45, 2.75) is 77.0 Å². The zero-order valence-corrected chi connectivity index (χ0v) is 19.9. The minimum atomic E-state index is -0.910. The van der Waals surface area contributed by atoms with Crippen molar-refractivity contribution in [3.8, 4) is 0 Å². The summed E-state index contributed by atoms with van der Waals surface area (Å²) in [4.78, 5) is 49.4. The van der Waals surface area contributed by atoms with E-state index in [4.69, 9.17) is 11.5 Å². The summed E-state index contributed by atoms with van der Waals surface area (Å²) in [6.07, 6.45) is 3.61. The predicted molar refractivity (Wildman–Crippen MR) is 128 cm³/mol. The molecule has 9 nitrogen and oxygen atoms in total. The highest BCUT2D eigenvalue weighted by Crippen LogP contribution is 2.07. The lowest BCUT2D eigenvalue weighted by atomic mass is 10.00. The van der Waals surface area contributed by atoms with Crippen LogP contribution in [0.1, 0.15) is 52.0 Å². The molecule has 0 aliphatic carbocycles. The van der Waals surface area contributed by atoms with Crippen molar-refractivity contribution in [1.29, 1.82) is 0 Å². The van der Waals surface area contributed by atoms with Crippen LogP contribution in [-0.2, 0) is 25.6 Å². The Balaban J connectivity index is 2.84. The Morgan fingerprint density at radius 2 is 1.64 bits per heavy atom. The third-order valence-corrected chi connectivity index (χ3v) is 5.69. The number of nitrogens with one attached hydrogen (secondary N) is 3. The van der Waals surface area contributed by atoms with Gasteiger partial charge in [-0.15, -0.1) is 0 Å². The molecular formula is C24H39N5O4. The van der Waals surface area contributed by atoms with Gasteiger partial charge in [0, 0.05) is 6.42 Å². The molecule has 0 saturated carbocycles. The molecule has 1 aromatic carbocycles. The molecule has 5 atom stereocenters. The van der Waals surface area contributed by atoms with Crippen LogP contribution in [0.5, 0.6) is 0 Å². The van der Waals surface area contributed by atoms with Gasteiger partial charge in [0.15, 0.2) is 0 Å². The van der Waals surface area contributed by atoms with Crippen LogP contribution in [0, 0.1) is 5.92 Å². The lowest BCUT2D eigenvalue weighted by molar-refractivity contribution is -0.132. The van der Waals surface area contributed by atoms with Gasteiger partial charge >= 0.3 is 0 Å². The van der Waals surface area contributed by atoms with Crippen LogP contribution in [0.4, 0.5) is 0 Å². The number of aldehydes is 1. The molecule has 33 heavy (non-hydrogen) atoms. The second-order valence-electron chi connectivity index (χ2n) is 8.43. The van der Waals surface area contributed by atoms with Crippen molar-refractivity contribution in [2.24, 2.45) is 17.4 Å². The van der Waals surface area contributed by atoms with Gasteiger partial charge in [-0.3, -0.25) is 14.4 Å². The average molecular weight is 462 g/mol. The highest BCUT2D eigenvalue weighted by atomic mass is 16.2. The first-order valence-electron chi connectivity index (χ1n) is 11.6. The minimum Gasteiger partial charge on any atom is -0.345 e. The van der Waals surface area contributed by atoms with Crippen LogP contribution in [0.3, 0.4) is 0 Å². The minimum absolute atomic E-state index is 0.0276. The van der Waals surface area contributed by atoms with Gasteiger partial charge in [0.05, 0.1) is 12.1 Å². The molecule has 0 radical (unpaired) electrons. The summed E-state index contributed by atoms with van der Waals surface area (Å²) in [7, 11) is 0. The van der Waals surface area contributed by atoms with E-state index >= 15 is 0 Å². The van der Waals surface area contributed by atoms with Gasteiger partial charge in [0.1, 0.15) is 18.4 Å². The molecule has 0 spiro atoms. The third kappa shape index (κ3) is 10.1. The van der Waals surface area contributed by atoms with Gasteiger partial charge in [-0.1, -0.05) is 57.0 Å². The topological polar surface area (TPSA) is 156 Å². The summed E-state index contributed by atoms with van der Waals surface area (Å²) in [6.45, 7) is 5.85. The van der Waals surface area contributed by atoms with Gasteiger partial charge in [-0.05, 0) is 37.8 Å². The highest BCUT2D eigenvalue weighted by Gasteiger charge is 2.28. The van der Waals surface area contributed by atoms with Crippen molar-refractivity contribution in [3.05, 3.63) is 35.9 Å². The zero-order valence-electron chi connectivity index (χ0n) is 19.9. The van der Waals surface area contributed by atoms with E-state index in [1.807, 2.05) is 44.2 Å². The van der Waals surface area contributed by atoms with Crippen LogP contribution in [0.25, 0.3) is 0 Å². The zero-order chi connectivity index (χ0) is 24.8. The normalized spacial score (nSPS) is 15.4. The molecule has 184 valence electrons. The van der Waals surface area contributed by atoms with E-state index in [1.54, 1.807) is 0 Å². The smallest absolute Gasteiger partial charge is 0.243 e. The molecule has 1 aromatic rings. The Hall–Kier alpha value is -2.78. The fraction of sp³-hybridized carbons (Fsp3) is 0.583. The van der Waals surface area contributed by atoms with E-state index in [1.165, 1.54) is 6.92 Å².